The van der Waals surface area contributed by atoms with Crippen LogP contribution >= 0.6 is 0 Å². The van der Waals surface area contributed by atoms with E-state index < -0.39 is 17.6 Å². The minimum atomic E-state index is -1.18. The fraction of sp³-hybridized carbons (Fsp3) is 0.0833. The Balaban J connectivity index is 2.48. The van der Waals surface area contributed by atoms with Crippen molar-refractivity contribution in [1.29, 1.82) is 0 Å². The Morgan fingerprint density at radius 3 is 2.44 bits per heavy atom. The van der Waals surface area contributed by atoms with Gasteiger partial charge in [0, 0.05) is 5.56 Å². The largest absolute Gasteiger partial charge is 0.476 e. The van der Waals surface area contributed by atoms with E-state index >= 15 is 0 Å². The van der Waals surface area contributed by atoms with E-state index in [2.05, 4.69) is 10.2 Å². The maximum absolute atomic E-state index is 13.1. The normalized spacial score (nSPS) is 10.4. The molecular formula is C12H8F2N2O2. The summed E-state index contributed by atoms with van der Waals surface area (Å²) in [6.07, 6.45) is 0. The maximum Gasteiger partial charge on any atom is 0.356 e. The smallest absolute Gasteiger partial charge is 0.356 e. The van der Waals surface area contributed by atoms with Gasteiger partial charge in [0.1, 0.15) is 0 Å². The third-order valence-corrected chi connectivity index (χ3v) is 2.40. The highest BCUT2D eigenvalue weighted by molar-refractivity contribution is 5.87. The fourth-order valence-electron chi connectivity index (χ4n) is 1.49. The number of nitrogens with zero attached hydrogens (tertiary/aromatic N) is 2. The summed E-state index contributed by atoms with van der Waals surface area (Å²) >= 11 is 0. The van der Waals surface area contributed by atoms with E-state index in [9.17, 15) is 13.6 Å². The lowest BCUT2D eigenvalue weighted by Crippen LogP contribution is -2.05. The molecule has 0 amide bonds. The number of carboxylic acids is 1. The molecule has 1 aromatic heterocycles. The molecular weight excluding hydrogens is 242 g/mol. The zero-order chi connectivity index (χ0) is 13.3. The number of aryl methyl sites for hydroxylation is 1. The fourth-order valence-corrected chi connectivity index (χ4v) is 1.49. The Morgan fingerprint density at radius 1 is 1.17 bits per heavy atom. The van der Waals surface area contributed by atoms with Gasteiger partial charge in [-0.15, -0.1) is 10.2 Å². The number of carboxylic acid groups (broad SMARTS) is 1. The van der Waals surface area contributed by atoms with Crippen LogP contribution in [0.15, 0.2) is 24.3 Å². The van der Waals surface area contributed by atoms with Gasteiger partial charge in [0.25, 0.3) is 0 Å². The molecule has 1 heterocycles. The van der Waals surface area contributed by atoms with Crippen molar-refractivity contribution in [3.05, 3.63) is 47.2 Å². The molecule has 18 heavy (non-hydrogen) atoms. The zero-order valence-corrected chi connectivity index (χ0v) is 9.32. The van der Waals surface area contributed by atoms with Crippen LogP contribution in [0, 0.1) is 18.6 Å². The number of hydrogen-bond donors (Lipinski definition) is 1. The molecule has 0 bridgehead atoms. The van der Waals surface area contributed by atoms with Crippen LogP contribution in [0.3, 0.4) is 0 Å². The first kappa shape index (κ1) is 12.1. The van der Waals surface area contributed by atoms with E-state index in [0.717, 1.165) is 12.1 Å². The highest BCUT2D eigenvalue weighted by atomic mass is 19.2. The van der Waals surface area contributed by atoms with Crippen molar-refractivity contribution in [3.63, 3.8) is 0 Å². The summed E-state index contributed by atoms with van der Waals surface area (Å²) in [5.74, 6) is -3.13. The number of aromatic carboxylic acids is 1. The minimum Gasteiger partial charge on any atom is -0.476 e. The Bertz CT molecular complexity index is 629. The molecule has 1 N–H and O–H groups in total. The molecule has 0 fully saturated rings. The van der Waals surface area contributed by atoms with Gasteiger partial charge in [0.2, 0.25) is 0 Å². The van der Waals surface area contributed by atoms with Crippen LogP contribution in [0.1, 0.15) is 16.1 Å². The topological polar surface area (TPSA) is 63.1 Å². The molecule has 6 heteroatoms. The second-order valence-electron chi connectivity index (χ2n) is 3.70. The van der Waals surface area contributed by atoms with Crippen LogP contribution in [0.5, 0.6) is 0 Å². The lowest BCUT2D eigenvalue weighted by Gasteiger charge is -2.04. The van der Waals surface area contributed by atoms with E-state index in [4.69, 9.17) is 5.11 Å². The van der Waals surface area contributed by atoms with Crippen molar-refractivity contribution in [2.45, 2.75) is 6.92 Å². The first-order valence-electron chi connectivity index (χ1n) is 5.02. The van der Waals surface area contributed by atoms with Crippen LogP contribution < -0.4 is 0 Å². The van der Waals surface area contributed by atoms with Crippen molar-refractivity contribution in [2.24, 2.45) is 0 Å². The summed E-state index contributed by atoms with van der Waals surface area (Å²) in [5.41, 5.74) is 0.858. The predicted octanol–water partition coefficient (Wildman–Crippen LogP) is 2.43. The number of carbonyl (C=O) groups is 1. The summed E-state index contributed by atoms with van der Waals surface area (Å²) < 4.78 is 25.8. The first-order valence-corrected chi connectivity index (χ1v) is 5.02. The van der Waals surface area contributed by atoms with Crippen molar-refractivity contribution < 1.29 is 18.7 Å². The van der Waals surface area contributed by atoms with Gasteiger partial charge < -0.3 is 5.11 Å². The van der Waals surface area contributed by atoms with Crippen LogP contribution in [0.4, 0.5) is 8.78 Å². The number of rotatable bonds is 2. The standard InChI is InChI=1S/C12H8F2N2O2/c1-6-4-10(15-16-11(6)12(17)18)7-2-3-8(13)9(14)5-7/h2-5H,1H3,(H,17,18). The number of hydrogen-bond acceptors (Lipinski definition) is 3. The molecule has 0 radical (unpaired) electrons. The summed E-state index contributed by atoms with van der Waals surface area (Å²) in [5, 5.41) is 16.0. The summed E-state index contributed by atoms with van der Waals surface area (Å²) in [6, 6.07) is 4.78. The average molecular weight is 250 g/mol. The highest BCUT2D eigenvalue weighted by Crippen LogP contribution is 2.20. The lowest BCUT2D eigenvalue weighted by molar-refractivity contribution is 0.0688. The molecule has 0 aliphatic rings. The van der Waals surface area contributed by atoms with Gasteiger partial charge in [-0.2, -0.15) is 0 Å². The number of halogens is 2. The van der Waals surface area contributed by atoms with Crippen molar-refractivity contribution in [2.75, 3.05) is 0 Å². The summed E-state index contributed by atoms with van der Waals surface area (Å²) in [4.78, 5) is 10.8. The average Bonchev–Trinajstić information content (AvgIpc) is 2.32. The lowest BCUT2D eigenvalue weighted by atomic mass is 10.1. The molecule has 0 saturated heterocycles. The first-order chi connectivity index (χ1) is 8.49. The van der Waals surface area contributed by atoms with Crippen LogP contribution in [-0.4, -0.2) is 21.3 Å². The summed E-state index contributed by atoms with van der Waals surface area (Å²) in [7, 11) is 0. The molecule has 0 atom stereocenters. The van der Waals surface area contributed by atoms with E-state index in [0.29, 0.717) is 11.1 Å². The van der Waals surface area contributed by atoms with E-state index in [1.807, 2.05) is 0 Å². The number of benzene rings is 1. The van der Waals surface area contributed by atoms with Gasteiger partial charge in [0.15, 0.2) is 17.3 Å². The molecule has 0 aliphatic heterocycles. The van der Waals surface area contributed by atoms with Gasteiger partial charge in [0.05, 0.1) is 5.69 Å². The molecule has 1 aromatic carbocycles. The van der Waals surface area contributed by atoms with Gasteiger partial charge in [-0.1, -0.05) is 0 Å². The van der Waals surface area contributed by atoms with Crippen molar-refractivity contribution in [3.8, 4) is 11.3 Å². The molecule has 2 aromatic rings. The molecule has 0 aliphatic carbocycles. The minimum absolute atomic E-state index is 0.165. The highest BCUT2D eigenvalue weighted by Gasteiger charge is 2.12. The molecule has 0 spiro atoms. The van der Waals surface area contributed by atoms with Gasteiger partial charge >= 0.3 is 5.97 Å². The zero-order valence-electron chi connectivity index (χ0n) is 9.32. The SMILES string of the molecule is Cc1cc(-c2ccc(F)c(F)c2)nnc1C(=O)O. The Hall–Kier alpha value is -2.37. The molecule has 0 unspecified atom stereocenters. The van der Waals surface area contributed by atoms with Crippen LogP contribution in [0.2, 0.25) is 0 Å². The number of aromatic nitrogens is 2. The molecule has 2 rings (SSSR count). The van der Waals surface area contributed by atoms with Crippen molar-refractivity contribution >= 4 is 5.97 Å². The van der Waals surface area contributed by atoms with Gasteiger partial charge in [-0.25, -0.2) is 13.6 Å². The molecule has 4 nitrogen and oxygen atoms in total. The Kier molecular flexibility index (Phi) is 3.01. The summed E-state index contributed by atoms with van der Waals surface area (Å²) in [6.45, 7) is 1.56. The van der Waals surface area contributed by atoms with E-state index in [1.165, 1.54) is 12.1 Å². The van der Waals surface area contributed by atoms with Crippen LogP contribution in [0.25, 0.3) is 11.3 Å². The quantitative estimate of drug-likeness (QED) is 0.889. The van der Waals surface area contributed by atoms with Crippen LogP contribution in [-0.2, 0) is 0 Å². The molecule has 92 valence electrons. The predicted molar refractivity (Wildman–Crippen MR) is 59.1 cm³/mol. The molecule has 0 saturated carbocycles. The third-order valence-electron chi connectivity index (χ3n) is 2.40. The Morgan fingerprint density at radius 2 is 1.89 bits per heavy atom. The van der Waals surface area contributed by atoms with E-state index in [1.54, 1.807) is 6.92 Å². The second-order valence-corrected chi connectivity index (χ2v) is 3.70. The van der Waals surface area contributed by atoms with Gasteiger partial charge in [-0.3, -0.25) is 0 Å². The maximum atomic E-state index is 13.1. The van der Waals surface area contributed by atoms with Gasteiger partial charge in [-0.05, 0) is 36.8 Å². The van der Waals surface area contributed by atoms with E-state index in [-0.39, 0.29) is 11.4 Å². The Labute approximate surface area is 101 Å². The monoisotopic (exact) mass is 250 g/mol. The third kappa shape index (κ3) is 2.17. The van der Waals surface area contributed by atoms with Crippen molar-refractivity contribution in [1.82, 2.24) is 10.2 Å². The second kappa shape index (κ2) is 4.48.